The van der Waals surface area contributed by atoms with E-state index in [1.54, 1.807) is 12.5 Å². The zero-order valence-corrected chi connectivity index (χ0v) is 10.7. The third-order valence-electron chi connectivity index (χ3n) is 2.77. The lowest BCUT2D eigenvalue weighted by Crippen LogP contribution is -2.13. The van der Waals surface area contributed by atoms with Crippen LogP contribution in [0.5, 0.6) is 0 Å². The molecule has 6 nitrogen and oxygen atoms in total. The van der Waals surface area contributed by atoms with E-state index in [1.807, 2.05) is 24.6 Å². The lowest BCUT2D eigenvalue weighted by Gasteiger charge is -2.11. The number of hydrogen-bond acceptors (Lipinski definition) is 5. The first-order valence-corrected chi connectivity index (χ1v) is 6.03. The summed E-state index contributed by atoms with van der Waals surface area (Å²) in [6.07, 6.45) is 6.27. The van der Waals surface area contributed by atoms with Crippen LogP contribution in [-0.4, -0.2) is 26.1 Å². The molecule has 18 heavy (non-hydrogen) atoms. The quantitative estimate of drug-likeness (QED) is 0.829. The Morgan fingerprint density at radius 2 is 2.22 bits per heavy atom. The second-order valence-electron chi connectivity index (χ2n) is 4.08. The third-order valence-corrected chi connectivity index (χ3v) is 2.77. The molecule has 2 aromatic rings. The van der Waals surface area contributed by atoms with Gasteiger partial charge >= 0.3 is 0 Å². The second kappa shape index (κ2) is 5.48. The minimum absolute atomic E-state index is 0.548. The second-order valence-corrected chi connectivity index (χ2v) is 4.08. The SMILES string of the molecule is CCc1nc(N)c(C)c(NCCn2ccnc2)n1. The summed E-state index contributed by atoms with van der Waals surface area (Å²) in [6.45, 7) is 5.55. The van der Waals surface area contributed by atoms with E-state index in [0.717, 1.165) is 36.7 Å². The molecule has 0 fully saturated rings. The van der Waals surface area contributed by atoms with Crippen LogP contribution in [0.1, 0.15) is 18.3 Å². The Morgan fingerprint density at radius 3 is 2.89 bits per heavy atom. The van der Waals surface area contributed by atoms with Crippen LogP contribution in [-0.2, 0) is 13.0 Å². The van der Waals surface area contributed by atoms with E-state index < -0.39 is 0 Å². The molecule has 0 amide bonds. The van der Waals surface area contributed by atoms with Crippen LogP contribution in [0, 0.1) is 6.92 Å². The zero-order chi connectivity index (χ0) is 13.0. The molecule has 0 aliphatic rings. The Balaban J connectivity index is 2.02. The summed E-state index contributed by atoms with van der Waals surface area (Å²) >= 11 is 0. The number of nitrogens with two attached hydrogens (primary N) is 1. The fourth-order valence-electron chi connectivity index (χ4n) is 1.63. The van der Waals surface area contributed by atoms with Gasteiger partial charge in [-0.15, -0.1) is 0 Å². The summed E-state index contributed by atoms with van der Waals surface area (Å²) in [7, 11) is 0. The Hall–Kier alpha value is -2.11. The van der Waals surface area contributed by atoms with Gasteiger partial charge in [0.2, 0.25) is 0 Å². The predicted octanol–water partition coefficient (Wildman–Crippen LogP) is 1.24. The van der Waals surface area contributed by atoms with Crippen LogP contribution < -0.4 is 11.1 Å². The summed E-state index contributed by atoms with van der Waals surface area (Å²) in [5, 5.41) is 3.29. The van der Waals surface area contributed by atoms with Crippen molar-refractivity contribution in [2.75, 3.05) is 17.6 Å². The molecule has 0 unspecified atom stereocenters. The Labute approximate surface area is 106 Å². The maximum Gasteiger partial charge on any atom is 0.134 e. The average molecular weight is 246 g/mol. The van der Waals surface area contributed by atoms with E-state index >= 15 is 0 Å². The summed E-state index contributed by atoms with van der Waals surface area (Å²) in [6, 6.07) is 0. The minimum Gasteiger partial charge on any atom is -0.383 e. The predicted molar refractivity (Wildman–Crippen MR) is 71.3 cm³/mol. The minimum atomic E-state index is 0.548. The first-order valence-electron chi connectivity index (χ1n) is 6.03. The highest BCUT2D eigenvalue weighted by Gasteiger charge is 2.07. The van der Waals surface area contributed by atoms with Gasteiger partial charge in [-0.25, -0.2) is 15.0 Å². The van der Waals surface area contributed by atoms with E-state index in [0.29, 0.717) is 5.82 Å². The molecular weight excluding hydrogens is 228 g/mol. The number of rotatable bonds is 5. The van der Waals surface area contributed by atoms with Gasteiger partial charge < -0.3 is 15.6 Å². The number of aromatic nitrogens is 4. The molecule has 0 saturated heterocycles. The average Bonchev–Trinajstić information content (AvgIpc) is 2.87. The smallest absolute Gasteiger partial charge is 0.134 e. The lowest BCUT2D eigenvalue weighted by atomic mass is 10.3. The molecule has 0 spiro atoms. The summed E-state index contributed by atoms with van der Waals surface area (Å²) in [5.74, 6) is 2.13. The Kier molecular flexibility index (Phi) is 3.76. The molecule has 0 aliphatic carbocycles. The zero-order valence-electron chi connectivity index (χ0n) is 10.7. The van der Waals surface area contributed by atoms with Crippen molar-refractivity contribution in [3.05, 3.63) is 30.1 Å². The van der Waals surface area contributed by atoms with E-state index in [-0.39, 0.29) is 0 Å². The highest BCUT2D eigenvalue weighted by Crippen LogP contribution is 2.17. The van der Waals surface area contributed by atoms with Gasteiger partial charge in [-0.2, -0.15) is 0 Å². The molecule has 0 radical (unpaired) electrons. The molecule has 2 rings (SSSR count). The van der Waals surface area contributed by atoms with Crippen LogP contribution in [0.4, 0.5) is 11.6 Å². The van der Waals surface area contributed by atoms with E-state index in [1.165, 1.54) is 0 Å². The third kappa shape index (κ3) is 2.77. The number of nitrogen functional groups attached to an aromatic ring is 1. The number of nitrogens with one attached hydrogen (secondary N) is 1. The molecular formula is C12H18N6. The van der Waals surface area contributed by atoms with Gasteiger partial charge in [0, 0.05) is 37.5 Å². The summed E-state index contributed by atoms with van der Waals surface area (Å²) < 4.78 is 2.01. The molecule has 96 valence electrons. The maximum atomic E-state index is 5.86. The molecule has 0 aromatic carbocycles. The van der Waals surface area contributed by atoms with E-state index in [2.05, 4.69) is 20.3 Å². The molecule has 2 heterocycles. The van der Waals surface area contributed by atoms with Crippen molar-refractivity contribution in [2.45, 2.75) is 26.8 Å². The summed E-state index contributed by atoms with van der Waals surface area (Å²) in [5.41, 5.74) is 6.76. The van der Waals surface area contributed by atoms with Gasteiger partial charge in [0.15, 0.2) is 0 Å². The normalized spacial score (nSPS) is 10.6. The summed E-state index contributed by atoms with van der Waals surface area (Å²) in [4.78, 5) is 12.7. The topological polar surface area (TPSA) is 81.6 Å². The fraction of sp³-hybridized carbons (Fsp3) is 0.417. The maximum absolute atomic E-state index is 5.86. The molecule has 0 atom stereocenters. The van der Waals surface area contributed by atoms with Crippen molar-refractivity contribution in [3.8, 4) is 0 Å². The monoisotopic (exact) mass is 246 g/mol. The number of imidazole rings is 1. The largest absolute Gasteiger partial charge is 0.383 e. The Bertz CT molecular complexity index is 506. The molecule has 6 heteroatoms. The van der Waals surface area contributed by atoms with Crippen molar-refractivity contribution in [3.63, 3.8) is 0 Å². The van der Waals surface area contributed by atoms with Crippen molar-refractivity contribution < 1.29 is 0 Å². The van der Waals surface area contributed by atoms with Crippen LogP contribution in [0.3, 0.4) is 0 Å². The molecule has 0 bridgehead atoms. The van der Waals surface area contributed by atoms with Crippen LogP contribution in [0.2, 0.25) is 0 Å². The van der Waals surface area contributed by atoms with Crippen molar-refractivity contribution in [1.29, 1.82) is 0 Å². The fourth-order valence-corrected chi connectivity index (χ4v) is 1.63. The molecule has 3 N–H and O–H groups in total. The number of anilines is 2. The van der Waals surface area contributed by atoms with Crippen molar-refractivity contribution in [1.82, 2.24) is 19.5 Å². The van der Waals surface area contributed by atoms with Gasteiger partial charge in [0.25, 0.3) is 0 Å². The highest BCUT2D eigenvalue weighted by atomic mass is 15.1. The number of hydrogen-bond donors (Lipinski definition) is 2. The highest BCUT2D eigenvalue weighted by molar-refractivity contribution is 5.54. The van der Waals surface area contributed by atoms with Gasteiger partial charge in [0.1, 0.15) is 17.5 Å². The van der Waals surface area contributed by atoms with Gasteiger partial charge in [-0.1, -0.05) is 6.92 Å². The Morgan fingerprint density at radius 1 is 1.39 bits per heavy atom. The standard InChI is InChI=1S/C12H18N6/c1-3-10-16-11(13)9(2)12(17-10)15-5-7-18-6-4-14-8-18/h4,6,8H,3,5,7H2,1-2H3,(H3,13,15,16,17). The lowest BCUT2D eigenvalue weighted by molar-refractivity contribution is 0.724. The van der Waals surface area contributed by atoms with Crippen molar-refractivity contribution in [2.24, 2.45) is 0 Å². The van der Waals surface area contributed by atoms with Crippen LogP contribution >= 0.6 is 0 Å². The molecule has 0 saturated carbocycles. The van der Waals surface area contributed by atoms with Crippen LogP contribution in [0.25, 0.3) is 0 Å². The first kappa shape index (κ1) is 12.3. The van der Waals surface area contributed by atoms with Crippen molar-refractivity contribution >= 4 is 11.6 Å². The molecule has 2 aromatic heterocycles. The van der Waals surface area contributed by atoms with Gasteiger partial charge in [0.05, 0.1) is 6.33 Å². The number of aryl methyl sites for hydroxylation is 1. The van der Waals surface area contributed by atoms with E-state index in [4.69, 9.17) is 5.73 Å². The number of nitrogens with zero attached hydrogens (tertiary/aromatic N) is 4. The van der Waals surface area contributed by atoms with Crippen LogP contribution in [0.15, 0.2) is 18.7 Å². The first-order chi connectivity index (χ1) is 8.70. The van der Waals surface area contributed by atoms with E-state index in [9.17, 15) is 0 Å². The van der Waals surface area contributed by atoms with Gasteiger partial charge in [-0.05, 0) is 6.92 Å². The molecule has 0 aliphatic heterocycles. The van der Waals surface area contributed by atoms with Gasteiger partial charge in [-0.3, -0.25) is 0 Å².